The van der Waals surface area contributed by atoms with Gasteiger partial charge in [-0.2, -0.15) is 0 Å². The van der Waals surface area contributed by atoms with Crippen molar-refractivity contribution in [2.45, 2.75) is 0 Å². The van der Waals surface area contributed by atoms with Crippen molar-refractivity contribution in [1.29, 1.82) is 0 Å². The number of carbonyl (C=O) groups excluding carboxylic acids is 1. The highest BCUT2D eigenvalue weighted by Crippen LogP contribution is 2.34. The molecular formula is C24H21N3O4. The summed E-state index contributed by atoms with van der Waals surface area (Å²) in [7, 11) is 3.17. The average Bonchev–Trinajstić information content (AvgIpc) is 2.83. The first-order valence-corrected chi connectivity index (χ1v) is 9.63. The number of methoxy groups -OCH3 is 2. The maximum absolute atomic E-state index is 12.2. The zero-order valence-electron chi connectivity index (χ0n) is 17.2. The van der Waals surface area contributed by atoms with E-state index in [0.717, 1.165) is 16.6 Å². The molecule has 0 saturated carbocycles. The van der Waals surface area contributed by atoms with Gasteiger partial charge >= 0.3 is 0 Å². The molecule has 4 rings (SSSR count). The number of aromatic nitrogens is 2. The number of rotatable bonds is 8. The molecule has 1 heterocycles. The number of hydrogen-bond donors (Lipinski definition) is 1. The molecule has 0 bridgehead atoms. The monoisotopic (exact) mass is 415 g/mol. The lowest BCUT2D eigenvalue weighted by Gasteiger charge is -2.12. The van der Waals surface area contributed by atoms with Crippen molar-refractivity contribution in [2.24, 2.45) is 0 Å². The Bertz CT molecular complexity index is 1190. The molecule has 1 aromatic heterocycles. The van der Waals surface area contributed by atoms with E-state index in [9.17, 15) is 4.79 Å². The van der Waals surface area contributed by atoms with Gasteiger partial charge in [-0.15, -0.1) is 0 Å². The van der Waals surface area contributed by atoms with Crippen molar-refractivity contribution in [3.8, 4) is 17.2 Å². The number of carbonyl (C=O) groups is 1. The summed E-state index contributed by atoms with van der Waals surface area (Å²) in [5.74, 6) is 2.37. The van der Waals surface area contributed by atoms with Crippen molar-refractivity contribution in [1.82, 2.24) is 9.97 Å². The van der Waals surface area contributed by atoms with Gasteiger partial charge < -0.3 is 19.5 Å². The van der Waals surface area contributed by atoms with Crippen LogP contribution in [-0.4, -0.2) is 36.6 Å². The maximum Gasteiger partial charge on any atom is 0.200 e. The molecule has 0 atom stereocenters. The SMILES string of the molecule is COc1cc2ncnc(Nc3ccc(OCC(=O)c4ccccc4)cc3)c2cc1OC. The molecule has 1 N–H and O–H groups in total. The third kappa shape index (κ3) is 4.56. The van der Waals surface area contributed by atoms with Crippen LogP contribution in [0.3, 0.4) is 0 Å². The standard InChI is InChI=1S/C24H21N3O4/c1-29-22-12-19-20(13-23(22)30-2)25-15-26-24(19)27-17-8-10-18(11-9-17)31-14-21(28)16-6-4-3-5-7-16/h3-13,15H,14H2,1-2H3,(H,25,26,27). The first kappa shape index (κ1) is 20.2. The molecule has 31 heavy (non-hydrogen) atoms. The lowest BCUT2D eigenvalue weighted by atomic mass is 10.1. The van der Waals surface area contributed by atoms with Gasteiger partial charge in [0.1, 0.15) is 17.9 Å². The van der Waals surface area contributed by atoms with Crippen LogP contribution >= 0.6 is 0 Å². The smallest absolute Gasteiger partial charge is 0.200 e. The van der Waals surface area contributed by atoms with Crippen LogP contribution in [0.15, 0.2) is 73.1 Å². The van der Waals surface area contributed by atoms with E-state index in [2.05, 4.69) is 15.3 Å². The summed E-state index contributed by atoms with van der Waals surface area (Å²) in [5.41, 5.74) is 2.18. The molecule has 0 amide bonds. The summed E-state index contributed by atoms with van der Waals surface area (Å²) in [4.78, 5) is 20.8. The van der Waals surface area contributed by atoms with Gasteiger partial charge in [0.15, 0.2) is 23.9 Å². The number of ether oxygens (including phenoxy) is 3. The molecule has 0 spiro atoms. The molecule has 0 fully saturated rings. The van der Waals surface area contributed by atoms with E-state index in [1.54, 1.807) is 38.5 Å². The second-order valence-corrected chi connectivity index (χ2v) is 6.67. The minimum atomic E-state index is -0.0698. The van der Waals surface area contributed by atoms with Gasteiger partial charge in [0, 0.05) is 22.7 Å². The van der Waals surface area contributed by atoms with Crippen LogP contribution in [-0.2, 0) is 0 Å². The molecule has 156 valence electrons. The fourth-order valence-electron chi connectivity index (χ4n) is 3.11. The number of Topliss-reactive ketones (excluding diaryl/α,β-unsaturated/α-hetero) is 1. The molecule has 3 aromatic carbocycles. The fraction of sp³-hybridized carbons (Fsp3) is 0.125. The van der Waals surface area contributed by atoms with Crippen molar-refractivity contribution in [3.05, 3.63) is 78.6 Å². The van der Waals surface area contributed by atoms with E-state index in [-0.39, 0.29) is 12.4 Å². The highest BCUT2D eigenvalue weighted by molar-refractivity contribution is 5.97. The normalized spacial score (nSPS) is 10.5. The number of fused-ring (bicyclic) bond motifs is 1. The van der Waals surface area contributed by atoms with Gasteiger partial charge in [-0.1, -0.05) is 30.3 Å². The van der Waals surface area contributed by atoms with E-state index in [1.165, 1.54) is 6.33 Å². The number of anilines is 2. The Hall–Kier alpha value is -4.13. The van der Waals surface area contributed by atoms with Crippen LogP contribution in [0, 0.1) is 0 Å². The first-order valence-electron chi connectivity index (χ1n) is 9.63. The van der Waals surface area contributed by atoms with Crippen LogP contribution in [0.5, 0.6) is 17.2 Å². The minimum absolute atomic E-state index is 0.0189. The van der Waals surface area contributed by atoms with Crippen molar-refractivity contribution in [3.63, 3.8) is 0 Å². The first-order chi connectivity index (χ1) is 15.2. The molecule has 0 saturated heterocycles. The number of benzene rings is 3. The van der Waals surface area contributed by atoms with Crippen molar-refractivity contribution < 1.29 is 19.0 Å². The molecule has 0 aliphatic rings. The summed E-state index contributed by atoms with van der Waals surface area (Å²) in [5, 5.41) is 4.08. The number of nitrogens with zero attached hydrogens (tertiary/aromatic N) is 2. The minimum Gasteiger partial charge on any atom is -0.493 e. The molecule has 4 aromatic rings. The van der Waals surface area contributed by atoms with E-state index in [1.807, 2.05) is 42.5 Å². The lowest BCUT2D eigenvalue weighted by Crippen LogP contribution is -2.11. The highest BCUT2D eigenvalue weighted by atomic mass is 16.5. The van der Waals surface area contributed by atoms with Crippen LogP contribution in [0.2, 0.25) is 0 Å². The summed E-state index contributed by atoms with van der Waals surface area (Å²) in [6.07, 6.45) is 1.49. The molecular weight excluding hydrogens is 394 g/mol. The maximum atomic E-state index is 12.2. The quantitative estimate of drug-likeness (QED) is 0.419. The Morgan fingerprint density at radius 1 is 0.903 bits per heavy atom. The lowest BCUT2D eigenvalue weighted by molar-refractivity contribution is 0.0921. The Morgan fingerprint density at radius 3 is 2.32 bits per heavy atom. The third-order valence-electron chi connectivity index (χ3n) is 4.72. The molecule has 7 heteroatoms. The second-order valence-electron chi connectivity index (χ2n) is 6.67. The predicted octanol–water partition coefficient (Wildman–Crippen LogP) is 4.65. The van der Waals surface area contributed by atoms with Crippen LogP contribution < -0.4 is 19.5 Å². The molecule has 0 unspecified atom stereocenters. The van der Waals surface area contributed by atoms with Gasteiger partial charge in [0.05, 0.1) is 19.7 Å². The van der Waals surface area contributed by atoms with Gasteiger partial charge in [-0.05, 0) is 30.3 Å². The highest BCUT2D eigenvalue weighted by Gasteiger charge is 2.11. The molecule has 0 radical (unpaired) electrons. The Balaban J connectivity index is 1.48. The summed E-state index contributed by atoms with van der Waals surface area (Å²) in [6, 6.07) is 20.0. The summed E-state index contributed by atoms with van der Waals surface area (Å²) >= 11 is 0. The predicted molar refractivity (Wildman–Crippen MR) is 119 cm³/mol. The Morgan fingerprint density at radius 2 is 1.61 bits per heavy atom. The second kappa shape index (κ2) is 9.13. The van der Waals surface area contributed by atoms with E-state index >= 15 is 0 Å². The van der Waals surface area contributed by atoms with Crippen LogP contribution in [0.4, 0.5) is 11.5 Å². The largest absolute Gasteiger partial charge is 0.493 e. The summed E-state index contributed by atoms with van der Waals surface area (Å²) in [6.45, 7) is -0.0189. The topological polar surface area (TPSA) is 82.6 Å². The van der Waals surface area contributed by atoms with Gasteiger partial charge in [0.2, 0.25) is 0 Å². The van der Waals surface area contributed by atoms with Crippen LogP contribution in [0.25, 0.3) is 10.9 Å². The average molecular weight is 415 g/mol. The van der Waals surface area contributed by atoms with Crippen LogP contribution in [0.1, 0.15) is 10.4 Å². The number of hydrogen-bond acceptors (Lipinski definition) is 7. The van der Waals surface area contributed by atoms with Gasteiger partial charge in [-0.3, -0.25) is 4.79 Å². The van der Waals surface area contributed by atoms with Crippen molar-refractivity contribution in [2.75, 3.05) is 26.1 Å². The fourth-order valence-corrected chi connectivity index (χ4v) is 3.11. The molecule has 0 aliphatic heterocycles. The summed E-state index contributed by atoms with van der Waals surface area (Å²) < 4.78 is 16.4. The number of nitrogens with one attached hydrogen (secondary N) is 1. The van der Waals surface area contributed by atoms with Crippen molar-refractivity contribution >= 4 is 28.2 Å². The number of ketones is 1. The molecule has 0 aliphatic carbocycles. The van der Waals surface area contributed by atoms with E-state index in [0.29, 0.717) is 28.6 Å². The van der Waals surface area contributed by atoms with E-state index in [4.69, 9.17) is 14.2 Å². The molecule has 7 nitrogen and oxygen atoms in total. The Labute approximate surface area is 179 Å². The van der Waals surface area contributed by atoms with E-state index < -0.39 is 0 Å². The zero-order valence-corrected chi connectivity index (χ0v) is 17.2. The third-order valence-corrected chi connectivity index (χ3v) is 4.72. The Kier molecular flexibility index (Phi) is 5.93. The zero-order chi connectivity index (χ0) is 21.6. The van der Waals surface area contributed by atoms with Gasteiger partial charge in [-0.25, -0.2) is 9.97 Å². The van der Waals surface area contributed by atoms with Gasteiger partial charge in [0.25, 0.3) is 0 Å².